The van der Waals surface area contributed by atoms with Crippen LogP contribution in [-0.2, 0) is 0 Å². The third kappa shape index (κ3) is 1.54. The van der Waals surface area contributed by atoms with Gasteiger partial charge in [-0.05, 0) is 12.1 Å². The van der Waals surface area contributed by atoms with Crippen LogP contribution in [-0.4, -0.2) is 19.1 Å². The fraction of sp³-hybridized carbons (Fsp3) is 0.250. The largest absolute Gasteiger partial charge is 0.494 e. The second kappa shape index (κ2) is 3.82. The molecule has 2 N–H and O–H groups in total. The first-order chi connectivity index (χ1) is 6.61. The number of benzene rings is 1. The molecule has 0 atom stereocenters. The zero-order valence-corrected chi connectivity index (χ0v) is 7.81. The van der Waals surface area contributed by atoms with E-state index >= 15 is 0 Å². The van der Waals surface area contributed by atoms with Gasteiger partial charge in [0.25, 0.3) is 0 Å². The molecule has 0 saturated heterocycles. The van der Waals surface area contributed by atoms with E-state index in [0.29, 0.717) is 0 Å². The van der Waals surface area contributed by atoms with E-state index in [4.69, 9.17) is 15.2 Å². The number of nitrogen functional groups attached to an aromatic ring is 1. The Morgan fingerprint density at radius 3 is 2.21 bits per heavy atom. The Bertz CT molecular complexity index is 365. The van der Waals surface area contributed by atoms with Crippen molar-refractivity contribution >= 4 is 11.4 Å². The van der Waals surface area contributed by atoms with Crippen molar-refractivity contribution in [2.45, 2.75) is 0 Å². The number of nitrogens with zero attached hydrogens (tertiary/aromatic N) is 1. The van der Waals surface area contributed by atoms with E-state index in [1.165, 1.54) is 26.4 Å². The van der Waals surface area contributed by atoms with Crippen molar-refractivity contribution in [1.82, 2.24) is 0 Å². The number of anilines is 1. The first kappa shape index (κ1) is 10.1. The molecule has 14 heavy (non-hydrogen) atoms. The molecule has 0 bridgehead atoms. The first-order valence-corrected chi connectivity index (χ1v) is 3.76. The zero-order chi connectivity index (χ0) is 10.7. The van der Waals surface area contributed by atoms with E-state index in [0.717, 1.165) is 0 Å². The third-order valence-corrected chi connectivity index (χ3v) is 1.76. The van der Waals surface area contributed by atoms with Crippen LogP contribution in [0.15, 0.2) is 12.1 Å². The van der Waals surface area contributed by atoms with Crippen LogP contribution in [0.2, 0.25) is 0 Å². The molecule has 0 heterocycles. The molecule has 0 fully saturated rings. The van der Waals surface area contributed by atoms with E-state index in [9.17, 15) is 10.1 Å². The quantitative estimate of drug-likeness (QED) is 0.447. The van der Waals surface area contributed by atoms with Crippen molar-refractivity contribution in [3.63, 3.8) is 0 Å². The Labute approximate surface area is 80.4 Å². The average Bonchev–Trinajstić information content (AvgIpc) is 2.16. The lowest BCUT2D eigenvalue weighted by molar-refractivity contribution is -0.384. The summed E-state index contributed by atoms with van der Waals surface area (Å²) in [7, 11) is 2.73. The van der Waals surface area contributed by atoms with Gasteiger partial charge in [0.1, 0.15) is 5.75 Å². The first-order valence-electron chi connectivity index (χ1n) is 3.76. The highest BCUT2D eigenvalue weighted by Gasteiger charge is 2.22. The van der Waals surface area contributed by atoms with Crippen LogP contribution in [0, 0.1) is 10.1 Å². The molecule has 0 unspecified atom stereocenters. The molecule has 0 spiro atoms. The van der Waals surface area contributed by atoms with Crippen LogP contribution in [0.1, 0.15) is 0 Å². The summed E-state index contributed by atoms with van der Waals surface area (Å²) >= 11 is 0. The number of methoxy groups -OCH3 is 2. The predicted molar refractivity (Wildman–Crippen MR) is 50.6 cm³/mol. The number of nitrogens with two attached hydrogens (primary N) is 1. The smallest absolute Gasteiger partial charge is 0.337 e. The number of nitro groups is 1. The summed E-state index contributed by atoms with van der Waals surface area (Å²) in [5, 5.41) is 10.7. The second-order valence-corrected chi connectivity index (χ2v) is 2.49. The number of rotatable bonds is 3. The third-order valence-electron chi connectivity index (χ3n) is 1.76. The Kier molecular flexibility index (Phi) is 2.76. The van der Waals surface area contributed by atoms with Gasteiger partial charge in [0.05, 0.1) is 19.1 Å². The minimum atomic E-state index is -0.601. The van der Waals surface area contributed by atoms with Gasteiger partial charge in [0.15, 0.2) is 11.4 Å². The van der Waals surface area contributed by atoms with Crippen molar-refractivity contribution in [2.75, 3.05) is 20.0 Å². The van der Waals surface area contributed by atoms with Gasteiger partial charge in [-0.1, -0.05) is 0 Å². The molecular weight excluding hydrogens is 188 g/mol. The van der Waals surface area contributed by atoms with Crippen LogP contribution in [0.25, 0.3) is 0 Å². The van der Waals surface area contributed by atoms with Crippen molar-refractivity contribution in [3.05, 3.63) is 22.2 Å². The van der Waals surface area contributed by atoms with Gasteiger partial charge in [0, 0.05) is 0 Å². The Balaban J connectivity index is 3.39. The monoisotopic (exact) mass is 198 g/mol. The molecule has 1 aromatic rings. The molecule has 0 aliphatic carbocycles. The lowest BCUT2D eigenvalue weighted by atomic mass is 10.2. The maximum absolute atomic E-state index is 10.7. The molecule has 0 amide bonds. The molecule has 0 aromatic heterocycles. The van der Waals surface area contributed by atoms with Crippen molar-refractivity contribution in [3.8, 4) is 11.5 Å². The van der Waals surface area contributed by atoms with E-state index in [2.05, 4.69) is 0 Å². The minimum absolute atomic E-state index is 0.0307. The van der Waals surface area contributed by atoms with Gasteiger partial charge in [-0.15, -0.1) is 0 Å². The number of hydrogen-bond acceptors (Lipinski definition) is 5. The maximum Gasteiger partial charge on any atom is 0.337 e. The fourth-order valence-corrected chi connectivity index (χ4v) is 1.10. The van der Waals surface area contributed by atoms with Gasteiger partial charge >= 0.3 is 5.69 Å². The van der Waals surface area contributed by atoms with Gasteiger partial charge in [-0.2, -0.15) is 0 Å². The summed E-state index contributed by atoms with van der Waals surface area (Å²) in [6, 6.07) is 2.95. The summed E-state index contributed by atoms with van der Waals surface area (Å²) in [6.07, 6.45) is 0. The van der Waals surface area contributed by atoms with E-state index in [-0.39, 0.29) is 22.9 Å². The van der Waals surface area contributed by atoms with Crippen LogP contribution >= 0.6 is 0 Å². The van der Waals surface area contributed by atoms with Gasteiger partial charge in [-0.25, -0.2) is 0 Å². The van der Waals surface area contributed by atoms with Gasteiger partial charge in [-0.3, -0.25) is 10.1 Å². The van der Waals surface area contributed by atoms with Crippen molar-refractivity contribution < 1.29 is 14.4 Å². The second-order valence-electron chi connectivity index (χ2n) is 2.49. The summed E-state index contributed by atoms with van der Waals surface area (Å²) in [4.78, 5) is 10.1. The number of hydrogen-bond donors (Lipinski definition) is 1. The molecule has 0 saturated carbocycles. The summed E-state index contributed by atoms with van der Waals surface area (Å²) in [5.41, 5.74) is 5.22. The SMILES string of the molecule is COc1ccc(OC)c([N+](=O)[O-])c1N. The zero-order valence-electron chi connectivity index (χ0n) is 7.81. The van der Waals surface area contributed by atoms with Gasteiger partial charge in [0.2, 0.25) is 0 Å². The lowest BCUT2D eigenvalue weighted by Gasteiger charge is -2.07. The molecule has 0 aliphatic heterocycles. The Hall–Kier alpha value is -1.98. The normalized spacial score (nSPS) is 9.57. The highest BCUT2D eigenvalue weighted by molar-refractivity contribution is 5.72. The standard InChI is InChI=1S/C8H10N2O4/c1-13-5-3-4-6(14-2)8(7(5)9)10(11)12/h3-4H,9H2,1-2H3. The van der Waals surface area contributed by atoms with Gasteiger partial charge < -0.3 is 15.2 Å². The van der Waals surface area contributed by atoms with Crippen molar-refractivity contribution in [1.29, 1.82) is 0 Å². The molecule has 0 radical (unpaired) electrons. The summed E-state index contributed by atoms with van der Waals surface area (Å²) < 4.78 is 9.66. The Morgan fingerprint density at radius 1 is 1.29 bits per heavy atom. The molecule has 76 valence electrons. The fourth-order valence-electron chi connectivity index (χ4n) is 1.10. The topological polar surface area (TPSA) is 87.6 Å². The highest BCUT2D eigenvalue weighted by atomic mass is 16.6. The predicted octanol–water partition coefficient (Wildman–Crippen LogP) is 1.19. The minimum Gasteiger partial charge on any atom is -0.494 e. The van der Waals surface area contributed by atoms with E-state index < -0.39 is 4.92 Å². The molecule has 0 aliphatic rings. The van der Waals surface area contributed by atoms with Crippen LogP contribution in [0.4, 0.5) is 11.4 Å². The number of nitro benzene ring substituents is 1. The highest BCUT2D eigenvalue weighted by Crippen LogP contribution is 2.38. The van der Waals surface area contributed by atoms with Crippen LogP contribution in [0.5, 0.6) is 11.5 Å². The molecule has 6 heteroatoms. The van der Waals surface area contributed by atoms with E-state index in [1.54, 1.807) is 0 Å². The molecule has 1 rings (SSSR count). The molecular formula is C8H10N2O4. The number of ether oxygens (including phenoxy) is 2. The molecule has 6 nitrogen and oxygen atoms in total. The van der Waals surface area contributed by atoms with Crippen molar-refractivity contribution in [2.24, 2.45) is 0 Å². The summed E-state index contributed by atoms with van der Waals surface area (Å²) in [6.45, 7) is 0. The van der Waals surface area contributed by atoms with Crippen LogP contribution in [0.3, 0.4) is 0 Å². The maximum atomic E-state index is 10.7. The van der Waals surface area contributed by atoms with Crippen LogP contribution < -0.4 is 15.2 Å². The average molecular weight is 198 g/mol. The summed E-state index contributed by atoms with van der Waals surface area (Å²) in [5.74, 6) is 0.380. The lowest BCUT2D eigenvalue weighted by Crippen LogP contribution is -2.01. The molecule has 1 aromatic carbocycles. The van der Waals surface area contributed by atoms with E-state index in [1.807, 2.05) is 0 Å². The Morgan fingerprint density at radius 2 is 1.79 bits per heavy atom.